The van der Waals surface area contributed by atoms with Crippen molar-refractivity contribution in [2.45, 2.75) is 38.3 Å². The molecule has 2 fully saturated rings. The van der Waals surface area contributed by atoms with Crippen molar-refractivity contribution in [3.05, 3.63) is 22.4 Å². The Hall–Kier alpha value is -1.36. The van der Waals surface area contributed by atoms with Gasteiger partial charge in [0.15, 0.2) is 0 Å². The molecule has 0 aliphatic carbocycles. The number of nitrogens with zero attached hydrogens (tertiary/aromatic N) is 2. The van der Waals surface area contributed by atoms with Gasteiger partial charge in [-0.3, -0.25) is 9.59 Å². The number of carbonyl (C=O) groups excluding carboxylic acids is 2. The van der Waals surface area contributed by atoms with Crippen molar-refractivity contribution in [3.63, 3.8) is 0 Å². The Morgan fingerprint density at radius 3 is 2.95 bits per heavy atom. The minimum Gasteiger partial charge on any atom is -0.334 e. The van der Waals surface area contributed by atoms with E-state index in [9.17, 15) is 9.59 Å². The van der Waals surface area contributed by atoms with Gasteiger partial charge >= 0.3 is 0 Å². The maximum Gasteiger partial charge on any atom is 0.245 e. The molecule has 1 aromatic heterocycles. The third kappa shape index (κ3) is 2.16. The van der Waals surface area contributed by atoms with Gasteiger partial charge in [-0.15, -0.1) is 0 Å². The van der Waals surface area contributed by atoms with Gasteiger partial charge < -0.3 is 9.80 Å². The van der Waals surface area contributed by atoms with Crippen LogP contribution in [-0.4, -0.2) is 40.7 Å². The van der Waals surface area contributed by atoms with Crippen molar-refractivity contribution in [2.75, 3.05) is 13.1 Å². The fraction of sp³-hybridized carbons (Fsp3) is 0.571. The Morgan fingerprint density at radius 2 is 2.21 bits per heavy atom. The Bertz CT molecular complexity index is 486. The predicted molar refractivity (Wildman–Crippen MR) is 73.8 cm³/mol. The molecule has 2 aliphatic heterocycles. The summed E-state index contributed by atoms with van der Waals surface area (Å²) < 4.78 is 0. The van der Waals surface area contributed by atoms with Crippen LogP contribution in [0.15, 0.2) is 16.8 Å². The number of carbonyl (C=O) groups is 2. The van der Waals surface area contributed by atoms with Crippen LogP contribution in [-0.2, 0) is 9.59 Å². The number of fused-ring (bicyclic) bond motifs is 1. The quantitative estimate of drug-likeness (QED) is 0.830. The third-order valence-corrected chi connectivity index (χ3v) is 4.90. The second kappa shape index (κ2) is 4.96. The van der Waals surface area contributed by atoms with Gasteiger partial charge in [0.2, 0.25) is 11.8 Å². The molecule has 0 radical (unpaired) electrons. The van der Waals surface area contributed by atoms with Crippen molar-refractivity contribution < 1.29 is 9.59 Å². The molecule has 102 valence electrons. The van der Waals surface area contributed by atoms with Gasteiger partial charge in [-0.25, -0.2) is 0 Å². The molecule has 4 nitrogen and oxygen atoms in total. The molecule has 0 spiro atoms. The first-order valence-electron chi connectivity index (χ1n) is 6.80. The van der Waals surface area contributed by atoms with Crippen molar-refractivity contribution in [1.29, 1.82) is 0 Å². The summed E-state index contributed by atoms with van der Waals surface area (Å²) in [5.74, 6) is 0.262. The smallest absolute Gasteiger partial charge is 0.245 e. The summed E-state index contributed by atoms with van der Waals surface area (Å²) in [4.78, 5) is 28.4. The molecule has 1 aromatic rings. The number of hydrogen-bond donors (Lipinski definition) is 0. The van der Waals surface area contributed by atoms with E-state index in [1.54, 1.807) is 16.2 Å². The number of thiophene rings is 1. The molecule has 2 amide bonds. The van der Waals surface area contributed by atoms with Gasteiger partial charge in [-0.1, -0.05) is 0 Å². The van der Waals surface area contributed by atoms with Gasteiger partial charge in [0.1, 0.15) is 6.04 Å². The Kier molecular flexibility index (Phi) is 3.31. The lowest BCUT2D eigenvalue weighted by Crippen LogP contribution is -2.44. The second-order valence-corrected chi connectivity index (χ2v) is 6.04. The van der Waals surface area contributed by atoms with E-state index in [-0.39, 0.29) is 23.9 Å². The highest BCUT2D eigenvalue weighted by Crippen LogP contribution is 2.29. The molecule has 3 rings (SSSR count). The fourth-order valence-corrected chi connectivity index (χ4v) is 3.81. The molecule has 0 bridgehead atoms. The molecule has 0 saturated carbocycles. The maximum atomic E-state index is 12.6. The lowest BCUT2D eigenvalue weighted by Gasteiger charge is -2.30. The van der Waals surface area contributed by atoms with Crippen molar-refractivity contribution in [2.24, 2.45) is 0 Å². The van der Waals surface area contributed by atoms with E-state index in [1.807, 2.05) is 10.3 Å². The van der Waals surface area contributed by atoms with Crippen LogP contribution in [0, 0.1) is 0 Å². The van der Waals surface area contributed by atoms with E-state index in [0.29, 0.717) is 13.0 Å². The van der Waals surface area contributed by atoms with Crippen LogP contribution < -0.4 is 0 Å². The minimum atomic E-state index is -0.212. The third-order valence-electron chi connectivity index (χ3n) is 4.20. The van der Waals surface area contributed by atoms with Crippen LogP contribution in [0.3, 0.4) is 0 Å². The molecule has 19 heavy (non-hydrogen) atoms. The average molecular weight is 278 g/mol. The van der Waals surface area contributed by atoms with E-state index in [4.69, 9.17) is 0 Å². The lowest BCUT2D eigenvalue weighted by atomic mass is 10.1. The van der Waals surface area contributed by atoms with Crippen LogP contribution in [0.5, 0.6) is 0 Å². The molecule has 5 heteroatoms. The molecule has 2 atom stereocenters. The van der Waals surface area contributed by atoms with Crippen LogP contribution in [0.1, 0.15) is 37.8 Å². The van der Waals surface area contributed by atoms with Crippen LogP contribution in [0.4, 0.5) is 0 Å². The number of rotatable bonds is 2. The predicted octanol–water partition coefficient (Wildman–Crippen LogP) is 2.03. The molecule has 2 unspecified atom stereocenters. The number of amides is 2. The zero-order valence-corrected chi connectivity index (χ0v) is 11.9. The van der Waals surface area contributed by atoms with Gasteiger partial charge in [-0.05, 0) is 42.2 Å². The first kappa shape index (κ1) is 12.7. The summed E-state index contributed by atoms with van der Waals surface area (Å²) in [5, 5.41) is 4.11. The van der Waals surface area contributed by atoms with E-state index in [0.717, 1.165) is 24.9 Å². The highest BCUT2D eigenvalue weighted by molar-refractivity contribution is 7.07. The van der Waals surface area contributed by atoms with Crippen molar-refractivity contribution >= 4 is 23.2 Å². The average Bonchev–Trinajstić information content (AvgIpc) is 3.07. The maximum absolute atomic E-state index is 12.6. The SMILES string of the molecule is CC(c1ccsc1)N1CCC(=O)N2CCCC2C1=O. The van der Waals surface area contributed by atoms with Crippen molar-refractivity contribution in [1.82, 2.24) is 9.80 Å². The summed E-state index contributed by atoms with van der Waals surface area (Å²) >= 11 is 1.64. The topological polar surface area (TPSA) is 40.6 Å². The normalized spacial score (nSPS) is 25.4. The Balaban J connectivity index is 1.85. The van der Waals surface area contributed by atoms with E-state index in [2.05, 4.69) is 18.4 Å². The molecule has 2 saturated heterocycles. The minimum absolute atomic E-state index is 0.0621. The molecule has 0 N–H and O–H groups in total. The first-order valence-corrected chi connectivity index (χ1v) is 7.75. The van der Waals surface area contributed by atoms with Gasteiger partial charge in [0.25, 0.3) is 0 Å². The first-order chi connectivity index (χ1) is 9.18. The van der Waals surface area contributed by atoms with Gasteiger partial charge in [0, 0.05) is 19.5 Å². The Labute approximate surface area is 117 Å². The van der Waals surface area contributed by atoms with Gasteiger partial charge in [0.05, 0.1) is 6.04 Å². The number of hydrogen-bond acceptors (Lipinski definition) is 3. The second-order valence-electron chi connectivity index (χ2n) is 5.26. The molecular formula is C14H18N2O2S. The molecule has 0 aromatic carbocycles. The van der Waals surface area contributed by atoms with E-state index >= 15 is 0 Å². The summed E-state index contributed by atoms with van der Waals surface area (Å²) in [7, 11) is 0. The summed E-state index contributed by atoms with van der Waals surface area (Å²) in [6.07, 6.45) is 2.22. The molecular weight excluding hydrogens is 260 g/mol. The Morgan fingerprint density at radius 1 is 1.37 bits per heavy atom. The largest absolute Gasteiger partial charge is 0.334 e. The molecule has 2 aliphatic rings. The zero-order chi connectivity index (χ0) is 13.4. The standard InChI is InChI=1S/C14H18N2O2S/c1-10(11-5-8-19-9-11)15-7-4-13(17)16-6-2-3-12(16)14(15)18/h5,8-10,12H,2-4,6-7H2,1H3. The summed E-state index contributed by atoms with van der Waals surface area (Å²) in [6.45, 7) is 3.34. The van der Waals surface area contributed by atoms with Crippen LogP contribution in [0.25, 0.3) is 0 Å². The highest BCUT2D eigenvalue weighted by Gasteiger charge is 2.40. The van der Waals surface area contributed by atoms with Crippen LogP contribution in [0.2, 0.25) is 0 Å². The molecule has 3 heterocycles. The van der Waals surface area contributed by atoms with Crippen LogP contribution >= 0.6 is 11.3 Å². The van der Waals surface area contributed by atoms with E-state index in [1.165, 1.54) is 0 Å². The summed E-state index contributed by atoms with van der Waals surface area (Å²) in [6, 6.07) is 1.91. The van der Waals surface area contributed by atoms with E-state index < -0.39 is 0 Å². The monoisotopic (exact) mass is 278 g/mol. The van der Waals surface area contributed by atoms with Gasteiger partial charge in [-0.2, -0.15) is 11.3 Å². The highest BCUT2D eigenvalue weighted by atomic mass is 32.1. The summed E-state index contributed by atoms with van der Waals surface area (Å²) in [5.41, 5.74) is 1.16. The van der Waals surface area contributed by atoms with Crippen molar-refractivity contribution in [3.8, 4) is 0 Å². The zero-order valence-electron chi connectivity index (χ0n) is 11.0. The lowest BCUT2D eigenvalue weighted by molar-refractivity contribution is -0.140. The fourth-order valence-electron chi connectivity index (χ4n) is 3.06.